The van der Waals surface area contributed by atoms with Crippen LogP contribution < -0.4 is 9.62 Å². The van der Waals surface area contributed by atoms with Crippen LogP contribution >= 0.6 is 11.3 Å². The SMILES string of the molecule is O=C1[C@@H](N2CCC(c3ccc(F)cc3)CC2)CCN1c1ccc(S(=O)(=O)Nc2nccs2)cc1.[HH]. The van der Waals surface area contributed by atoms with Crippen LogP contribution in [0.2, 0.25) is 0 Å². The lowest BCUT2D eigenvalue weighted by molar-refractivity contribution is -0.122. The molecule has 0 bridgehead atoms. The molecular formula is C24H27FN4O3S2. The lowest BCUT2D eigenvalue weighted by Crippen LogP contribution is -2.45. The van der Waals surface area contributed by atoms with Crippen molar-refractivity contribution in [2.75, 3.05) is 29.3 Å². The van der Waals surface area contributed by atoms with Crippen molar-refractivity contribution in [2.45, 2.75) is 36.1 Å². The van der Waals surface area contributed by atoms with Crippen molar-refractivity contribution in [1.82, 2.24) is 9.88 Å². The Bertz CT molecular complexity index is 1250. The molecule has 5 rings (SSSR count). The summed E-state index contributed by atoms with van der Waals surface area (Å²) in [6.45, 7) is 2.25. The van der Waals surface area contributed by atoms with Gasteiger partial charge < -0.3 is 4.90 Å². The Morgan fingerprint density at radius 3 is 2.35 bits per heavy atom. The van der Waals surface area contributed by atoms with Crippen LogP contribution in [0.5, 0.6) is 0 Å². The molecule has 7 nitrogen and oxygen atoms in total. The van der Waals surface area contributed by atoms with E-state index < -0.39 is 10.0 Å². The predicted octanol–water partition coefficient (Wildman–Crippen LogP) is 4.31. The van der Waals surface area contributed by atoms with E-state index in [1.54, 1.807) is 22.4 Å². The number of rotatable bonds is 6. The average molecular weight is 503 g/mol. The van der Waals surface area contributed by atoms with Gasteiger partial charge in [0.1, 0.15) is 5.82 Å². The number of amides is 1. The van der Waals surface area contributed by atoms with Crippen molar-refractivity contribution in [3.05, 3.63) is 71.5 Å². The van der Waals surface area contributed by atoms with Crippen LogP contribution in [-0.2, 0) is 14.8 Å². The highest BCUT2D eigenvalue weighted by molar-refractivity contribution is 7.93. The number of aromatic nitrogens is 1. The number of nitrogens with one attached hydrogen (secondary N) is 1. The Hall–Kier alpha value is -2.82. The van der Waals surface area contributed by atoms with Gasteiger partial charge in [-0.15, -0.1) is 11.3 Å². The number of hydrogen-bond acceptors (Lipinski definition) is 6. The first kappa shape index (κ1) is 22.9. The Kier molecular flexibility index (Phi) is 6.37. The fraction of sp³-hybridized carbons (Fsp3) is 0.333. The van der Waals surface area contributed by atoms with E-state index in [0.717, 1.165) is 37.9 Å². The molecule has 1 N–H and O–H groups in total. The number of hydrogen-bond donors (Lipinski definition) is 1. The highest BCUT2D eigenvalue weighted by atomic mass is 32.2. The molecule has 2 aliphatic heterocycles. The number of anilines is 2. The van der Waals surface area contributed by atoms with E-state index in [2.05, 4.69) is 14.6 Å². The smallest absolute Gasteiger partial charge is 0.263 e. The van der Waals surface area contributed by atoms with Gasteiger partial charge in [0, 0.05) is 25.2 Å². The maximum absolute atomic E-state index is 13.2. The zero-order valence-electron chi connectivity index (χ0n) is 18.4. The predicted molar refractivity (Wildman–Crippen MR) is 132 cm³/mol. The number of nitrogens with zero attached hydrogens (tertiary/aromatic N) is 3. The van der Waals surface area contributed by atoms with E-state index in [1.165, 1.54) is 41.8 Å². The zero-order valence-corrected chi connectivity index (χ0v) is 20.1. The molecule has 1 amide bonds. The van der Waals surface area contributed by atoms with E-state index in [9.17, 15) is 17.6 Å². The fourth-order valence-corrected chi connectivity index (χ4v) is 6.58. The van der Waals surface area contributed by atoms with Crippen LogP contribution in [0.25, 0.3) is 0 Å². The highest BCUT2D eigenvalue weighted by Crippen LogP contribution is 2.32. The van der Waals surface area contributed by atoms with Crippen LogP contribution in [0.3, 0.4) is 0 Å². The van der Waals surface area contributed by atoms with Crippen molar-refractivity contribution in [3.8, 4) is 0 Å². The summed E-state index contributed by atoms with van der Waals surface area (Å²) in [5.41, 5.74) is 1.85. The number of thiazole rings is 1. The Labute approximate surface area is 203 Å². The fourth-order valence-electron chi connectivity index (χ4n) is 4.79. The monoisotopic (exact) mass is 502 g/mol. The standard InChI is InChI=1S/C24H25FN4O3S2.H2/c25-19-3-1-17(2-4-19)18-9-13-28(14-10-18)22-11-15-29(23(22)30)20-5-7-21(8-6-20)34(31,32)27-24-26-12-16-33-24;/h1-8,12,16,18,22H,9-11,13-15H2,(H,26,27);1H/t22-;/m0./s1. The third-order valence-corrected chi connectivity index (χ3v) is 8.77. The van der Waals surface area contributed by atoms with E-state index in [4.69, 9.17) is 0 Å². The van der Waals surface area contributed by atoms with Gasteiger partial charge in [-0.1, -0.05) is 12.1 Å². The number of sulfonamides is 1. The van der Waals surface area contributed by atoms with E-state index in [0.29, 0.717) is 23.3 Å². The summed E-state index contributed by atoms with van der Waals surface area (Å²) in [6.07, 6.45) is 4.15. The molecule has 34 heavy (non-hydrogen) atoms. The molecular weight excluding hydrogens is 475 g/mol. The van der Waals surface area contributed by atoms with Gasteiger partial charge in [-0.3, -0.25) is 14.4 Å². The molecule has 3 aromatic rings. The van der Waals surface area contributed by atoms with Gasteiger partial charge >= 0.3 is 0 Å². The Morgan fingerprint density at radius 2 is 1.71 bits per heavy atom. The van der Waals surface area contributed by atoms with Crippen molar-refractivity contribution in [2.24, 2.45) is 0 Å². The molecule has 0 spiro atoms. The molecule has 1 atom stereocenters. The summed E-state index contributed by atoms with van der Waals surface area (Å²) in [4.78, 5) is 21.3. The summed E-state index contributed by atoms with van der Waals surface area (Å²) in [6, 6.07) is 12.9. The summed E-state index contributed by atoms with van der Waals surface area (Å²) < 4.78 is 40.8. The van der Waals surface area contributed by atoms with Crippen molar-refractivity contribution in [3.63, 3.8) is 0 Å². The number of carbonyl (C=O) groups excluding carboxylic acids is 1. The van der Waals surface area contributed by atoms with Crippen LogP contribution in [0, 0.1) is 5.82 Å². The third kappa shape index (κ3) is 4.70. The molecule has 2 fully saturated rings. The van der Waals surface area contributed by atoms with Crippen molar-refractivity contribution >= 4 is 38.1 Å². The van der Waals surface area contributed by atoms with Crippen LogP contribution in [0.1, 0.15) is 32.2 Å². The van der Waals surface area contributed by atoms with Gasteiger partial charge in [0.25, 0.3) is 10.0 Å². The van der Waals surface area contributed by atoms with Gasteiger partial charge in [0.05, 0.1) is 10.9 Å². The molecule has 2 saturated heterocycles. The van der Waals surface area contributed by atoms with Crippen LogP contribution in [0.4, 0.5) is 15.2 Å². The van der Waals surface area contributed by atoms with Crippen molar-refractivity contribution < 1.29 is 19.0 Å². The quantitative estimate of drug-likeness (QED) is 0.543. The van der Waals surface area contributed by atoms with Crippen molar-refractivity contribution in [1.29, 1.82) is 0 Å². The van der Waals surface area contributed by atoms with E-state index >= 15 is 0 Å². The maximum atomic E-state index is 13.2. The number of likely N-dealkylation sites (tertiary alicyclic amines) is 1. The average Bonchev–Trinajstić information content (AvgIpc) is 3.49. The van der Waals surface area contributed by atoms with Gasteiger partial charge in [0.2, 0.25) is 5.91 Å². The number of halogens is 1. The second-order valence-corrected chi connectivity index (χ2v) is 11.2. The molecule has 1 aromatic heterocycles. The summed E-state index contributed by atoms with van der Waals surface area (Å²) >= 11 is 1.21. The molecule has 2 aliphatic rings. The first-order chi connectivity index (χ1) is 16.4. The third-order valence-electron chi connectivity index (χ3n) is 6.60. The first-order valence-corrected chi connectivity index (χ1v) is 13.6. The summed E-state index contributed by atoms with van der Waals surface area (Å²) in [5.74, 6) is 0.216. The molecule has 0 unspecified atom stereocenters. The lowest BCUT2D eigenvalue weighted by Gasteiger charge is -2.35. The van der Waals surface area contributed by atoms with Crippen LogP contribution in [-0.4, -0.2) is 49.9 Å². The molecule has 2 aromatic carbocycles. The molecule has 0 radical (unpaired) electrons. The summed E-state index contributed by atoms with van der Waals surface area (Å²) in [7, 11) is -3.73. The molecule has 10 heteroatoms. The summed E-state index contributed by atoms with van der Waals surface area (Å²) in [5, 5.41) is 2.01. The van der Waals surface area contributed by atoms with E-state index in [-0.39, 0.29) is 24.1 Å². The minimum Gasteiger partial charge on any atom is -0.311 e. The normalized spacial score (nSPS) is 20.1. The largest absolute Gasteiger partial charge is 0.311 e. The molecule has 3 heterocycles. The topological polar surface area (TPSA) is 82.6 Å². The Balaban J connectivity index is 0.00000289. The number of piperidine rings is 1. The second-order valence-electron chi connectivity index (χ2n) is 8.59. The molecule has 0 saturated carbocycles. The first-order valence-electron chi connectivity index (χ1n) is 11.2. The van der Waals surface area contributed by atoms with Gasteiger partial charge in [-0.25, -0.2) is 17.8 Å². The highest BCUT2D eigenvalue weighted by Gasteiger charge is 2.38. The minimum atomic E-state index is -3.73. The second kappa shape index (κ2) is 9.44. The minimum absolute atomic E-state index is 0. The van der Waals surface area contributed by atoms with Crippen LogP contribution in [0.15, 0.2) is 65.0 Å². The number of benzene rings is 2. The maximum Gasteiger partial charge on any atom is 0.263 e. The van der Waals surface area contributed by atoms with E-state index in [1.807, 2.05) is 12.1 Å². The molecule has 0 aliphatic carbocycles. The molecule has 180 valence electrons. The van der Waals surface area contributed by atoms with Gasteiger partial charge in [-0.05, 0) is 80.2 Å². The van der Waals surface area contributed by atoms with Gasteiger partial charge in [0.15, 0.2) is 5.13 Å². The Morgan fingerprint density at radius 1 is 1.00 bits per heavy atom. The van der Waals surface area contributed by atoms with Gasteiger partial charge in [-0.2, -0.15) is 0 Å². The number of carbonyl (C=O) groups is 1. The zero-order chi connectivity index (χ0) is 23.7. The lowest BCUT2D eigenvalue weighted by atomic mass is 9.89.